The van der Waals surface area contributed by atoms with Crippen molar-refractivity contribution in [2.75, 3.05) is 6.61 Å². The number of carbonyl (C=O) groups excluding carboxylic acids is 1. The van der Waals surface area contributed by atoms with E-state index >= 15 is 0 Å². The van der Waals surface area contributed by atoms with Gasteiger partial charge >= 0.3 is 0 Å². The minimum Gasteiger partial charge on any atom is -0.378 e. The Labute approximate surface area is 122 Å². The normalized spacial score (nSPS) is 20.2. The largest absolute Gasteiger partial charge is 0.378 e. The first kappa shape index (κ1) is 14.5. The maximum Gasteiger partial charge on any atom is 0.252 e. The van der Waals surface area contributed by atoms with Gasteiger partial charge in [0, 0.05) is 17.1 Å². The predicted molar refractivity (Wildman–Crippen MR) is 79.3 cm³/mol. The molecule has 0 saturated carbocycles. The third-order valence-electron chi connectivity index (χ3n) is 3.44. The highest BCUT2D eigenvalue weighted by Crippen LogP contribution is 2.19. The van der Waals surface area contributed by atoms with Crippen molar-refractivity contribution in [3.05, 3.63) is 34.3 Å². The molecule has 0 aromatic heterocycles. The van der Waals surface area contributed by atoms with Gasteiger partial charge in [0.2, 0.25) is 0 Å². The lowest BCUT2D eigenvalue weighted by molar-refractivity contribution is 0.0899. The van der Waals surface area contributed by atoms with Gasteiger partial charge in [0.05, 0.1) is 11.7 Å². The topological polar surface area (TPSA) is 38.3 Å². The van der Waals surface area contributed by atoms with E-state index in [0.29, 0.717) is 11.7 Å². The standard InChI is InChI=1S/C15H20BrNO2/c1-11(8-9-12-5-4-10-19-12)17-15(18)13-6-2-3-7-14(13)16/h2-3,6-7,11-12H,4-5,8-10H2,1H3,(H,17,18)/t11-,12+/m1/s1. The van der Waals surface area contributed by atoms with E-state index in [1.165, 1.54) is 6.42 Å². The molecule has 1 aromatic carbocycles. The average Bonchev–Trinajstić information content (AvgIpc) is 2.90. The number of rotatable bonds is 5. The van der Waals surface area contributed by atoms with Crippen LogP contribution in [0.2, 0.25) is 0 Å². The summed E-state index contributed by atoms with van der Waals surface area (Å²) < 4.78 is 6.42. The average molecular weight is 326 g/mol. The molecule has 0 spiro atoms. The zero-order valence-electron chi connectivity index (χ0n) is 11.2. The Morgan fingerprint density at radius 3 is 3.00 bits per heavy atom. The molecule has 1 heterocycles. The van der Waals surface area contributed by atoms with Crippen LogP contribution >= 0.6 is 15.9 Å². The molecule has 0 unspecified atom stereocenters. The highest BCUT2D eigenvalue weighted by atomic mass is 79.9. The summed E-state index contributed by atoms with van der Waals surface area (Å²) in [5.41, 5.74) is 0.687. The van der Waals surface area contributed by atoms with E-state index in [1.54, 1.807) is 0 Å². The van der Waals surface area contributed by atoms with E-state index in [2.05, 4.69) is 21.2 Å². The fraction of sp³-hybridized carbons (Fsp3) is 0.533. The lowest BCUT2D eigenvalue weighted by atomic mass is 10.1. The highest BCUT2D eigenvalue weighted by molar-refractivity contribution is 9.10. The predicted octanol–water partition coefficient (Wildman–Crippen LogP) is 3.53. The third-order valence-corrected chi connectivity index (χ3v) is 4.13. The first-order chi connectivity index (χ1) is 9.16. The Morgan fingerprint density at radius 1 is 1.53 bits per heavy atom. The van der Waals surface area contributed by atoms with Crippen LogP contribution in [0, 0.1) is 0 Å². The van der Waals surface area contributed by atoms with Crippen LogP contribution in [0.1, 0.15) is 43.0 Å². The quantitative estimate of drug-likeness (QED) is 0.899. The van der Waals surface area contributed by atoms with Crippen LogP contribution in [0.4, 0.5) is 0 Å². The van der Waals surface area contributed by atoms with Crippen molar-refractivity contribution in [1.82, 2.24) is 5.32 Å². The number of hydrogen-bond acceptors (Lipinski definition) is 2. The number of benzene rings is 1. The molecule has 0 bridgehead atoms. The van der Waals surface area contributed by atoms with E-state index in [1.807, 2.05) is 31.2 Å². The fourth-order valence-corrected chi connectivity index (χ4v) is 2.79. The van der Waals surface area contributed by atoms with Gasteiger partial charge in [0.25, 0.3) is 5.91 Å². The van der Waals surface area contributed by atoms with Gasteiger partial charge in [-0.15, -0.1) is 0 Å². The molecule has 104 valence electrons. The fourth-order valence-electron chi connectivity index (χ4n) is 2.33. The van der Waals surface area contributed by atoms with Gasteiger partial charge in [0.15, 0.2) is 0 Å². The molecule has 1 aliphatic rings. The lowest BCUT2D eigenvalue weighted by Crippen LogP contribution is -2.33. The molecule has 2 rings (SSSR count). The molecule has 2 atom stereocenters. The van der Waals surface area contributed by atoms with Gasteiger partial charge in [-0.2, -0.15) is 0 Å². The number of ether oxygens (including phenoxy) is 1. The summed E-state index contributed by atoms with van der Waals surface area (Å²) in [6, 6.07) is 7.65. The first-order valence-electron chi connectivity index (χ1n) is 6.84. The second-order valence-corrected chi connectivity index (χ2v) is 5.92. The maximum atomic E-state index is 12.1. The molecule has 1 N–H and O–H groups in total. The SMILES string of the molecule is C[C@H](CC[C@@H]1CCCO1)NC(=O)c1ccccc1Br. The summed E-state index contributed by atoms with van der Waals surface area (Å²) in [7, 11) is 0. The van der Waals surface area contributed by atoms with E-state index in [4.69, 9.17) is 4.74 Å². The minimum atomic E-state index is -0.0210. The maximum absolute atomic E-state index is 12.1. The number of halogens is 1. The van der Waals surface area contributed by atoms with Crippen molar-refractivity contribution >= 4 is 21.8 Å². The molecule has 0 aliphatic carbocycles. The summed E-state index contributed by atoms with van der Waals surface area (Å²) >= 11 is 3.40. The molecule has 1 amide bonds. The van der Waals surface area contributed by atoms with Crippen LogP contribution in [0.3, 0.4) is 0 Å². The monoisotopic (exact) mass is 325 g/mol. The van der Waals surface area contributed by atoms with Crippen molar-refractivity contribution in [1.29, 1.82) is 0 Å². The molecule has 1 saturated heterocycles. The number of carbonyl (C=O) groups is 1. The van der Waals surface area contributed by atoms with Crippen LogP contribution in [-0.2, 0) is 4.74 Å². The van der Waals surface area contributed by atoms with Gasteiger partial charge in [0.1, 0.15) is 0 Å². The molecule has 19 heavy (non-hydrogen) atoms. The number of nitrogens with one attached hydrogen (secondary N) is 1. The van der Waals surface area contributed by atoms with Crippen molar-refractivity contribution < 1.29 is 9.53 Å². The van der Waals surface area contributed by atoms with Crippen LogP contribution in [0.5, 0.6) is 0 Å². The summed E-state index contributed by atoms with van der Waals surface area (Å²) in [4.78, 5) is 12.1. The van der Waals surface area contributed by atoms with E-state index < -0.39 is 0 Å². The third kappa shape index (κ3) is 4.32. The number of amides is 1. The summed E-state index contributed by atoms with van der Waals surface area (Å²) in [5, 5.41) is 3.04. The Hall–Kier alpha value is -0.870. The smallest absolute Gasteiger partial charge is 0.252 e. The summed E-state index contributed by atoms with van der Waals surface area (Å²) in [6.07, 6.45) is 4.70. The Balaban J connectivity index is 1.79. The summed E-state index contributed by atoms with van der Waals surface area (Å²) in [5.74, 6) is -0.0210. The van der Waals surface area contributed by atoms with Crippen LogP contribution in [0.25, 0.3) is 0 Å². The highest BCUT2D eigenvalue weighted by Gasteiger charge is 2.17. The number of hydrogen-bond donors (Lipinski definition) is 1. The molecular weight excluding hydrogens is 306 g/mol. The van der Waals surface area contributed by atoms with Gasteiger partial charge in [-0.3, -0.25) is 4.79 Å². The molecule has 1 aliphatic heterocycles. The second kappa shape index (κ2) is 7.06. The molecular formula is C15H20BrNO2. The van der Waals surface area contributed by atoms with Gasteiger partial charge in [-0.05, 0) is 60.7 Å². The minimum absolute atomic E-state index is 0.0210. The Kier molecular flexibility index (Phi) is 5.40. The van der Waals surface area contributed by atoms with Crippen LogP contribution < -0.4 is 5.32 Å². The van der Waals surface area contributed by atoms with E-state index in [0.717, 1.165) is 30.3 Å². The second-order valence-electron chi connectivity index (χ2n) is 5.07. The zero-order chi connectivity index (χ0) is 13.7. The molecule has 0 radical (unpaired) electrons. The molecule has 1 fully saturated rings. The van der Waals surface area contributed by atoms with Crippen LogP contribution in [-0.4, -0.2) is 24.7 Å². The molecule has 4 heteroatoms. The van der Waals surface area contributed by atoms with Crippen molar-refractivity contribution in [3.63, 3.8) is 0 Å². The van der Waals surface area contributed by atoms with Gasteiger partial charge in [-0.1, -0.05) is 12.1 Å². The van der Waals surface area contributed by atoms with Crippen LogP contribution in [0.15, 0.2) is 28.7 Å². The summed E-state index contributed by atoms with van der Waals surface area (Å²) in [6.45, 7) is 2.94. The van der Waals surface area contributed by atoms with Crippen molar-refractivity contribution in [3.8, 4) is 0 Å². The van der Waals surface area contributed by atoms with E-state index in [9.17, 15) is 4.79 Å². The lowest BCUT2D eigenvalue weighted by Gasteiger charge is -2.16. The van der Waals surface area contributed by atoms with Gasteiger partial charge < -0.3 is 10.1 Å². The molecule has 3 nitrogen and oxygen atoms in total. The van der Waals surface area contributed by atoms with E-state index in [-0.39, 0.29) is 11.9 Å². The Bertz CT molecular complexity index is 430. The van der Waals surface area contributed by atoms with Crippen molar-refractivity contribution in [2.45, 2.75) is 44.8 Å². The Morgan fingerprint density at radius 2 is 2.32 bits per heavy atom. The molecule has 1 aromatic rings. The zero-order valence-corrected chi connectivity index (χ0v) is 12.8. The first-order valence-corrected chi connectivity index (χ1v) is 7.63. The van der Waals surface area contributed by atoms with Gasteiger partial charge in [-0.25, -0.2) is 0 Å². The van der Waals surface area contributed by atoms with Crippen molar-refractivity contribution in [2.24, 2.45) is 0 Å².